The number of benzene rings is 2. The zero-order valence-electron chi connectivity index (χ0n) is 15.0. The summed E-state index contributed by atoms with van der Waals surface area (Å²) in [6, 6.07) is 13.9. The van der Waals surface area contributed by atoms with E-state index < -0.39 is 0 Å². The van der Waals surface area contributed by atoms with Crippen LogP contribution in [0.2, 0.25) is 0 Å². The molecule has 0 bridgehead atoms. The van der Waals surface area contributed by atoms with Crippen LogP contribution < -0.4 is 11.1 Å². The molecule has 6 nitrogen and oxygen atoms in total. The van der Waals surface area contributed by atoms with Gasteiger partial charge in [0.1, 0.15) is 22.7 Å². The highest BCUT2D eigenvalue weighted by molar-refractivity contribution is 6.10. The summed E-state index contributed by atoms with van der Waals surface area (Å²) in [4.78, 5) is 22.3. The second-order valence-electron chi connectivity index (χ2n) is 7.11. The average Bonchev–Trinajstić information content (AvgIpc) is 3.46. The lowest BCUT2D eigenvalue weighted by Gasteiger charge is -2.08. The Kier molecular flexibility index (Phi) is 3.75. The standard InChI is InChI=1S/C21H18FN5O/c22-13-7-5-12(6-8-13)11-27-19(23)17(21(28)24-14-9-10-14)18-20(27)26-16-4-2-1-3-15(16)25-18/h1-8,14H,9-11,23H2,(H,24,28). The van der Waals surface area contributed by atoms with Gasteiger partial charge in [-0.05, 0) is 42.7 Å². The number of hydrogen-bond acceptors (Lipinski definition) is 4. The number of rotatable bonds is 4. The Morgan fingerprint density at radius 1 is 1.11 bits per heavy atom. The number of aromatic nitrogens is 3. The monoisotopic (exact) mass is 375 g/mol. The first-order valence-corrected chi connectivity index (χ1v) is 9.20. The summed E-state index contributed by atoms with van der Waals surface area (Å²) in [5.74, 6) is -0.218. The van der Waals surface area contributed by atoms with E-state index in [0.717, 1.165) is 23.9 Å². The Morgan fingerprint density at radius 3 is 2.46 bits per heavy atom. The number of nitrogens with zero attached hydrogens (tertiary/aromatic N) is 3. The number of nitrogens with two attached hydrogens (primary N) is 1. The predicted molar refractivity (Wildman–Crippen MR) is 105 cm³/mol. The highest BCUT2D eigenvalue weighted by Gasteiger charge is 2.29. The maximum atomic E-state index is 13.3. The molecule has 2 aromatic carbocycles. The topological polar surface area (TPSA) is 85.8 Å². The summed E-state index contributed by atoms with van der Waals surface area (Å²) in [6.07, 6.45) is 1.96. The van der Waals surface area contributed by atoms with Crippen LogP contribution in [-0.4, -0.2) is 26.5 Å². The molecule has 1 aliphatic carbocycles. The van der Waals surface area contributed by atoms with Gasteiger partial charge >= 0.3 is 0 Å². The highest BCUT2D eigenvalue weighted by atomic mass is 19.1. The fourth-order valence-corrected chi connectivity index (χ4v) is 3.36. The van der Waals surface area contributed by atoms with Gasteiger partial charge in [0.15, 0.2) is 5.65 Å². The smallest absolute Gasteiger partial charge is 0.257 e. The van der Waals surface area contributed by atoms with Gasteiger partial charge in [0, 0.05) is 6.04 Å². The molecule has 7 heteroatoms. The summed E-state index contributed by atoms with van der Waals surface area (Å²) in [7, 11) is 0. The number of halogens is 1. The number of amides is 1. The summed E-state index contributed by atoms with van der Waals surface area (Å²) in [5.41, 5.74) is 10.1. The number of carbonyl (C=O) groups excluding carboxylic acids is 1. The molecule has 5 rings (SSSR count). The van der Waals surface area contributed by atoms with Gasteiger partial charge in [0.2, 0.25) is 0 Å². The number of nitrogen functional groups attached to an aromatic ring is 1. The van der Waals surface area contributed by atoms with E-state index >= 15 is 0 Å². The number of carbonyl (C=O) groups is 1. The molecule has 0 radical (unpaired) electrons. The largest absolute Gasteiger partial charge is 0.384 e. The molecule has 0 unspecified atom stereocenters. The van der Waals surface area contributed by atoms with Crippen molar-refractivity contribution in [2.45, 2.75) is 25.4 Å². The molecular formula is C21H18FN5O. The second-order valence-corrected chi connectivity index (χ2v) is 7.11. The first-order chi connectivity index (χ1) is 13.6. The number of fused-ring (bicyclic) bond motifs is 2. The molecule has 3 N–H and O–H groups in total. The van der Waals surface area contributed by atoms with Crippen LogP contribution in [0, 0.1) is 5.82 Å². The van der Waals surface area contributed by atoms with Gasteiger partial charge in [0.05, 0.1) is 17.6 Å². The fourth-order valence-electron chi connectivity index (χ4n) is 3.36. The summed E-state index contributed by atoms with van der Waals surface area (Å²) >= 11 is 0. The Bertz CT molecular complexity index is 1210. The predicted octanol–water partition coefficient (Wildman–Crippen LogP) is 3.25. The van der Waals surface area contributed by atoms with Crippen LogP contribution in [0.4, 0.5) is 10.2 Å². The van der Waals surface area contributed by atoms with Crippen molar-refractivity contribution in [2.75, 3.05) is 5.73 Å². The third-order valence-electron chi connectivity index (χ3n) is 4.99. The first-order valence-electron chi connectivity index (χ1n) is 9.20. The second kappa shape index (κ2) is 6.30. The van der Waals surface area contributed by atoms with Crippen LogP contribution in [0.3, 0.4) is 0 Å². The zero-order valence-corrected chi connectivity index (χ0v) is 15.0. The van der Waals surface area contributed by atoms with E-state index in [1.54, 1.807) is 16.7 Å². The maximum Gasteiger partial charge on any atom is 0.257 e. The van der Waals surface area contributed by atoms with Crippen molar-refractivity contribution in [3.05, 3.63) is 65.5 Å². The van der Waals surface area contributed by atoms with Gasteiger partial charge in [-0.15, -0.1) is 0 Å². The van der Waals surface area contributed by atoms with E-state index in [4.69, 9.17) is 10.7 Å². The molecule has 0 spiro atoms. The van der Waals surface area contributed by atoms with Crippen molar-refractivity contribution in [1.82, 2.24) is 19.9 Å². The van der Waals surface area contributed by atoms with E-state index in [-0.39, 0.29) is 17.8 Å². The number of hydrogen-bond donors (Lipinski definition) is 2. The molecule has 1 amide bonds. The molecule has 0 aliphatic heterocycles. The molecule has 1 fully saturated rings. The van der Waals surface area contributed by atoms with E-state index in [9.17, 15) is 9.18 Å². The quantitative estimate of drug-likeness (QED) is 0.573. The molecule has 2 heterocycles. The Morgan fingerprint density at radius 2 is 1.79 bits per heavy atom. The normalized spacial score (nSPS) is 13.9. The van der Waals surface area contributed by atoms with Crippen molar-refractivity contribution in [3.8, 4) is 0 Å². The maximum absolute atomic E-state index is 13.3. The van der Waals surface area contributed by atoms with Crippen LogP contribution >= 0.6 is 0 Å². The molecule has 0 saturated heterocycles. The van der Waals surface area contributed by atoms with E-state index in [2.05, 4.69) is 10.3 Å². The Labute approximate surface area is 160 Å². The van der Waals surface area contributed by atoms with Crippen molar-refractivity contribution in [1.29, 1.82) is 0 Å². The van der Waals surface area contributed by atoms with Gasteiger partial charge in [-0.3, -0.25) is 4.79 Å². The molecule has 2 aromatic heterocycles. The summed E-state index contributed by atoms with van der Waals surface area (Å²) < 4.78 is 15.0. The SMILES string of the molecule is Nc1c(C(=O)NC2CC2)c2nc3ccccc3nc2n1Cc1ccc(F)cc1. The number of nitrogens with one attached hydrogen (secondary N) is 1. The third kappa shape index (κ3) is 2.85. The van der Waals surface area contributed by atoms with E-state index in [1.165, 1.54) is 12.1 Å². The van der Waals surface area contributed by atoms with Gasteiger partial charge in [-0.1, -0.05) is 24.3 Å². The highest BCUT2D eigenvalue weighted by Crippen LogP contribution is 2.30. The van der Waals surface area contributed by atoms with Gasteiger partial charge in [0.25, 0.3) is 5.91 Å². The van der Waals surface area contributed by atoms with Crippen molar-refractivity contribution < 1.29 is 9.18 Å². The molecular weight excluding hydrogens is 357 g/mol. The van der Waals surface area contributed by atoms with Crippen LogP contribution in [0.15, 0.2) is 48.5 Å². The lowest BCUT2D eigenvalue weighted by molar-refractivity contribution is 0.0953. The average molecular weight is 375 g/mol. The Balaban J connectivity index is 1.70. The van der Waals surface area contributed by atoms with Crippen LogP contribution in [-0.2, 0) is 6.54 Å². The molecule has 1 saturated carbocycles. The molecule has 140 valence electrons. The van der Waals surface area contributed by atoms with Crippen LogP contribution in [0.5, 0.6) is 0 Å². The summed E-state index contributed by atoms with van der Waals surface area (Å²) in [6.45, 7) is 0.367. The van der Waals surface area contributed by atoms with Gasteiger partial charge < -0.3 is 15.6 Å². The minimum absolute atomic E-state index is 0.204. The Hall–Kier alpha value is -3.48. The van der Waals surface area contributed by atoms with Gasteiger partial charge in [-0.25, -0.2) is 14.4 Å². The first kappa shape index (κ1) is 16.7. The lowest BCUT2D eigenvalue weighted by Crippen LogP contribution is -2.26. The molecule has 0 atom stereocenters. The van der Waals surface area contributed by atoms with Crippen LogP contribution in [0.25, 0.3) is 22.2 Å². The lowest BCUT2D eigenvalue weighted by atomic mass is 10.2. The molecule has 4 aromatic rings. The molecule has 28 heavy (non-hydrogen) atoms. The minimum Gasteiger partial charge on any atom is -0.384 e. The van der Waals surface area contributed by atoms with E-state index in [1.807, 2.05) is 24.3 Å². The van der Waals surface area contributed by atoms with Crippen LogP contribution in [0.1, 0.15) is 28.8 Å². The minimum atomic E-state index is -0.302. The van der Waals surface area contributed by atoms with Crippen molar-refractivity contribution in [3.63, 3.8) is 0 Å². The van der Waals surface area contributed by atoms with Crippen molar-refractivity contribution in [2.24, 2.45) is 0 Å². The van der Waals surface area contributed by atoms with Gasteiger partial charge in [-0.2, -0.15) is 0 Å². The zero-order chi connectivity index (χ0) is 19.3. The number of anilines is 1. The third-order valence-corrected chi connectivity index (χ3v) is 4.99. The van der Waals surface area contributed by atoms with E-state index in [0.29, 0.717) is 34.6 Å². The fraction of sp³-hybridized carbons (Fsp3) is 0.190. The van der Waals surface area contributed by atoms with Crippen molar-refractivity contribution >= 4 is 33.9 Å². The summed E-state index contributed by atoms with van der Waals surface area (Å²) in [5, 5.41) is 2.99. The molecule has 1 aliphatic rings. The number of para-hydroxylation sites is 2.